The number of H-pyrrole nitrogens is 1. The molecule has 0 saturated carbocycles. The van der Waals surface area contributed by atoms with E-state index in [1.165, 1.54) is 11.3 Å². The van der Waals surface area contributed by atoms with Gasteiger partial charge < -0.3 is 0 Å². The highest BCUT2D eigenvalue weighted by atomic mass is 32.1. The van der Waals surface area contributed by atoms with Crippen molar-refractivity contribution in [3.8, 4) is 10.7 Å². The first-order valence-electron chi connectivity index (χ1n) is 7.28. The summed E-state index contributed by atoms with van der Waals surface area (Å²) >= 11 is 1.53. The number of nitrogens with zero attached hydrogens (tertiary/aromatic N) is 5. The van der Waals surface area contributed by atoms with Gasteiger partial charge in [0.25, 0.3) is 0 Å². The van der Waals surface area contributed by atoms with Crippen molar-refractivity contribution in [2.75, 3.05) is 0 Å². The van der Waals surface area contributed by atoms with Gasteiger partial charge in [-0.2, -0.15) is 14.7 Å². The molecular weight excluding hydrogens is 284 g/mol. The second kappa shape index (κ2) is 5.55. The van der Waals surface area contributed by atoms with Crippen LogP contribution in [0.2, 0.25) is 0 Å². The summed E-state index contributed by atoms with van der Waals surface area (Å²) in [6.45, 7) is 8.73. The Bertz CT molecular complexity index is 736. The minimum atomic E-state index is 0.533. The maximum absolute atomic E-state index is 4.62. The van der Waals surface area contributed by atoms with Crippen LogP contribution in [0.3, 0.4) is 0 Å². The third-order valence-corrected chi connectivity index (χ3v) is 4.05. The van der Waals surface area contributed by atoms with Crippen molar-refractivity contribution in [2.45, 2.75) is 40.5 Å². The van der Waals surface area contributed by atoms with Gasteiger partial charge in [-0.3, -0.25) is 5.10 Å². The average molecular weight is 304 g/mol. The summed E-state index contributed by atoms with van der Waals surface area (Å²) in [5.74, 6) is 2.06. The number of nitrogens with one attached hydrogen (secondary N) is 1. The lowest BCUT2D eigenvalue weighted by molar-refractivity contribution is 0.607. The number of fused-ring (bicyclic) bond motifs is 1. The molecular formula is C14H20N6S. The maximum Gasteiger partial charge on any atom is 0.235 e. The second-order valence-corrected chi connectivity index (χ2v) is 7.15. The molecule has 0 aliphatic heterocycles. The molecule has 0 unspecified atom stereocenters. The summed E-state index contributed by atoms with van der Waals surface area (Å²) in [4.78, 5) is 0.828. The molecule has 0 aromatic carbocycles. The molecule has 1 N–H and O–H groups in total. The predicted octanol–water partition coefficient (Wildman–Crippen LogP) is 2.97. The molecule has 0 atom stereocenters. The molecule has 0 bridgehead atoms. The highest BCUT2D eigenvalue weighted by Gasteiger charge is 2.15. The lowest BCUT2D eigenvalue weighted by Gasteiger charge is -1.99. The van der Waals surface area contributed by atoms with Crippen molar-refractivity contribution in [1.29, 1.82) is 0 Å². The molecule has 0 aliphatic carbocycles. The second-order valence-electron chi connectivity index (χ2n) is 6.19. The molecule has 0 spiro atoms. The molecule has 21 heavy (non-hydrogen) atoms. The Morgan fingerprint density at radius 2 is 1.90 bits per heavy atom. The Labute approximate surface area is 127 Å². The number of rotatable bonds is 5. The topological polar surface area (TPSA) is 71.8 Å². The summed E-state index contributed by atoms with van der Waals surface area (Å²) in [6.07, 6.45) is 1.87. The standard InChI is InChI=1S/C14H20N6S/c1-8(2)5-10-7-11(16-15-10)13-19-20-12(6-9(3)4)17-18-14(20)21-13/h7-9H,5-6H2,1-4H3,(H,15,16). The van der Waals surface area contributed by atoms with E-state index in [-0.39, 0.29) is 0 Å². The molecule has 112 valence electrons. The molecule has 0 amide bonds. The van der Waals surface area contributed by atoms with Gasteiger partial charge in [0.05, 0.1) is 0 Å². The van der Waals surface area contributed by atoms with Crippen molar-refractivity contribution >= 4 is 16.3 Å². The first-order chi connectivity index (χ1) is 10.0. The lowest BCUT2D eigenvalue weighted by atomic mass is 10.1. The first-order valence-corrected chi connectivity index (χ1v) is 8.10. The van der Waals surface area contributed by atoms with E-state index < -0.39 is 0 Å². The van der Waals surface area contributed by atoms with Crippen LogP contribution >= 0.6 is 11.3 Å². The van der Waals surface area contributed by atoms with Crippen molar-refractivity contribution in [3.05, 3.63) is 17.6 Å². The van der Waals surface area contributed by atoms with E-state index in [1.54, 1.807) is 0 Å². The lowest BCUT2D eigenvalue weighted by Crippen LogP contribution is -2.01. The third kappa shape index (κ3) is 2.97. The third-order valence-electron chi connectivity index (χ3n) is 3.12. The molecule has 3 heterocycles. The molecule has 0 aliphatic rings. The van der Waals surface area contributed by atoms with Crippen LogP contribution in [0.5, 0.6) is 0 Å². The van der Waals surface area contributed by atoms with Crippen LogP contribution in [0.25, 0.3) is 15.7 Å². The Hall–Kier alpha value is -1.76. The number of aromatic nitrogens is 6. The van der Waals surface area contributed by atoms with Gasteiger partial charge in [-0.1, -0.05) is 39.0 Å². The quantitative estimate of drug-likeness (QED) is 0.786. The Morgan fingerprint density at radius 3 is 2.62 bits per heavy atom. The Morgan fingerprint density at radius 1 is 1.14 bits per heavy atom. The van der Waals surface area contributed by atoms with Gasteiger partial charge in [-0.25, -0.2) is 0 Å². The summed E-state index contributed by atoms with van der Waals surface area (Å²) < 4.78 is 1.84. The van der Waals surface area contributed by atoms with E-state index in [0.29, 0.717) is 11.8 Å². The summed E-state index contributed by atoms with van der Waals surface area (Å²) in [6, 6.07) is 2.08. The number of hydrogen-bond acceptors (Lipinski definition) is 5. The van der Waals surface area contributed by atoms with Crippen LogP contribution in [0, 0.1) is 11.8 Å². The highest BCUT2D eigenvalue weighted by molar-refractivity contribution is 7.19. The van der Waals surface area contributed by atoms with Gasteiger partial charge in [0.1, 0.15) is 5.69 Å². The largest absolute Gasteiger partial charge is 0.282 e. The van der Waals surface area contributed by atoms with Gasteiger partial charge in [0.15, 0.2) is 10.8 Å². The van der Waals surface area contributed by atoms with Gasteiger partial charge in [-0.15, -0.1) is 10.2 Å². The molecule has 0 radical (unpaired) electrons. The van der Waals surface area contributed by atoms with Crippen LogP contribution in [-0.4, -0.2) is 30.0 Å². The maximum atomic E-state index is 4.62. The van der Waals surface area contributed by atoms with Crippen LogP contribution in [0.1, 0.15) is 39.2 Å². The molecule has 3 aromatic rings. The summed E-state index contributed by atoms with van der Waals surface area (Å²) in [5, 5.41) is 21.4. The van der Waals surface area contributed by atoms with Crippen molar-refractivity contribution in [1.82, 2.24) is 30.0 Å². The zero-order chi connectivity index (χ0) is 15.0. The zero-order valence-electron chi connectivity index (χ0n) is 12.8. The Kier molecular flexibility index (Phi) is 3.75. The molecule has 6 nitrogen and oxygen atoms in total. The van der Waals surface area contributed by atoms with E-state index in [2.05, 4.69) is 59.3 Å². The van der Waals surface area contributed by atoms with Gasteiger partial charge in [-0.05, 0) is 24.3 Å². The molecule has 0 saturated heterocycles. The minimum absolute atomic E-state index is 0.533. The molecule has 7 heteroatoms. The van der Waals surface area contributed by atoms with Crippen LogP contribution in [0.4, 0.5) is 0 Å². The van der Waals surface area contributed by atoms with Crippen molar-refractivity contribution in [3.63, 3.8) is 0 Å². The monoisotopic (exact) mass is 304 g/mol. The summed E-state index contributed by atoms with van der Waals surface area (Å²) in [5.41, 5.74) is 2.03. The van der Waals surface area contributed by atoms with Gasteiger partial charge in [0, 0.05) is 12.1 Å². The molecule has 3 rings (SSSR count). The van der Waals surface area contributed by atoms with E-state index in [0.717, 1.165) is 40.0 Å². The van der Waals surface area contributed by atoms with E-state index in [9.17, 15) is 0 Å². The van der Waals surface area contributed by atoms with E-state index >= 15 is 0 Å². The van der Waals surface area contributed by atoms with E-state index in [4.69, 9.17) is 0 Å². The number of aromatic amines is 1. The van der Waals surface area contributed by atoms with Gasteiger partial charge >= 0.3 is 0 Å². The van der Waals surface area contributed by atoms with Crippen LogP contribution in [0.15, 0.2) is 6.07 Å². The summed E-state index contributed by atoms with van der Waals surface area (Å²) in [7, 11) is 0. The Balaban J connectivity index is 1.90. The normalized spacial score (nSPS) is 12.1. The zero-order valence-corrected chi connectivity index (χ0v) is 13.6. The highest BCUT2D eigenvalue weighted by Crippen LogP contribution is 2.25. The fourth-order valence-corrected chi connectivity index (χ4v) is 3.09. The van der Waals surface area contributed by atoms with Gasteiger partial charge in [0.2, 0.25) is 4.96 Å². The van der Waals surface area contributed by atoms with Crippen LogP contribution < -0.4 is 0 Å². The molecule has 3 aromatic heterocycles. The smallest absolute Gasteiger partial charge is 0.235 e. The minimum Gasteiger partial charge on any atom is -0.282 e. The average Bonchev–Trinajstić information content (AvgIpc) is 3.04. The van der Waals surface area contributed by atoms with Crippen molar-refractivity contribution < 1.29 is 0 Å². The van der Waals surface area contributed by atoms with E-state index in [1.807, 2.05) is 4.52 Å². The SMILES string of the molecule is CC(C)Cc1cc(-c2nn3c(CC(C)C)nnc3s2)n[nH]1. The molecule has 0 fully saturated rings. The van der Waals surface area contributed by atoms with Crippen LogP contribution in [-0.2, 0) is 12.8 Å². The predicted molar refractivity (Wildman–Crippen MR) is 83.3 cm³/mol. The fourth-order valence-electron chi connectivity index (χ4n) is 2.27. The fraction of sp³-hybridized carbons (Fsp3) is 0.571. The van der Waals surface area contributed by atoms with Crippen molar-refractivity contribution in [2.24, 2.45) is 11.8 Å². The first kappa shape index (κ1) is 14.2. The number of hydrogen-bond donors (Lipinski definition) is 1.